The quantitative estimate of drug-likeness (QED) is 0.857. The van der Waals surface area contributed by atoms with Crippen LogP contribution in [0.3, 0.4) is 0 Å². The average molecular weight is 326 g/mol. The van der Waals surface area contributed by atoms with Crippen molar-refractivity contribution >= 4 is 5.91 Å². The van der Waals surface area contributed by atoms with Crippen LogP contribution in [0.15, 0.2) is 42.7 Å². The van der Waals surface area contributed by atoms with E-state index in [1.807, 2.05) is 29.1 Å². The molecule has 2 aromatic rings. The Morgan fingerprint density at radius 2 is 2.25 bits per heavy atom. The molecule has 0 aliphatic carbocycles. The first-order valence-electron chi connectivity index (χ1n) is 8.78. The average Bonchev–Trinajstić information content (AvgIpc) is 3.13. The molecule has 2 unspecified atom stereocenters. The number of aromatic nitrogens is 2. The van der Waals surface area contributed by atoms with Crippen LogP contribution >= 0.6 is 0 Å². The second-order valence-electron chi connectivity index (χ2n) is 6.71. The van der Waals surface area contributed by atoms with Crippen molar-refractivity contribution < 1.29 is 4.79 Å². The molecule has 0 radical (unpaired) electrons. The highest BCUT2D eigenvalue weighted by Crippen LogP contribution is 2.23. The molecule has 2 N–H and O–H groups in total. The standard InChI is InChI=1S/C19H26N4O/c1-15(14-23-11-3-10-22-23)12-21-19(24)17-7-5-16(6-8-17)18-4-2-9-20-13-18/h3,5-8,10-11,15,18,20H,2,4,9,12-14H2,1H3,(H,21,24). The van der Waals surface area contributed by atoms with Gasteiger partial charge in [-0.25, -0.2) is 0 Å². The van der Waals surface area contributed by atoms with Crippen LogP contribution in [0.25, 0.3) is 0 Å². The predicted octanol–water partition coefficient (Wildman–Crippen LogP) is 2.42. The smallest absolute Gasteiger partial charge is 0.251 e. The maximum Gasteiger partial charge on any atom is 0.251 e. The van der Waals surface area contributed by atoms with E-state index in [-0.39, 0.29) is 5.91 Å². The molecule has 1 aliphatic heterocycles. The largest absolute Gasteiger partial charge is 0.352 e. The van der Waals surface area contributed by atoms with E-state index in [0.717, 1.165) is 25.2 Å². The summed E-state index contributed by atoms with van der Waals surface area (Å²) in [5.41, 5.74) is 2.06. The van der Waals surface area contributed by atoms with Crippen molar-refractivity contribution in [2.45, 2.75) is 32.2 Å². The highest BCUT2D eigenvalue weighted by Gasteiger charge is 2.15. The third-order valence-electron chi connectivity index (χ3n) is 4.61. The maximum absolute atomic E-state index is 12.3. The second kappa shape index (κ2) is 8.11. The lowest BCUT2D eigenvalue weighted by molar-refractivity contribution is 0.0946. The van der Waals surface area contributed by atoms with E-state index >= 15 is 0 Å². The summed E-state index contributed by atoms with van der Waals surface area (Å²) < 4.78 is 1.89. The van der Waals surface area contributed by atoms with Crippen molar-refractivity contribution in [2.24, 2.45) is 5.92 Å². The number of carbonyl (C=O) groups is 1. The zero-order valence-electron chi connectivity index (χ0n) is 14.2. The zero-order valence-corrected chi connectivity index (χ0v) is 14.2. The Morgan fingerprint density at radius 3 is 2.92 bits per heavy atom. The predicted molar refractivity (Wildman–Crippen MR) is 95.0 cm³/mol. The molecule has 2 atom stereocenters. The summed E-state index contributed by atoms with van der Waals surface area (Å²) in [4.78, 5) is 12.3. The van der Waals surface area contributed by atoms with Gasteiger partial charge in [0.1, 0.15) is 0 Å². The summed E-state index contributed by atoms with van der Waals surface area (Å²) in [6, 6.07) is 9.99. The number of hydrogen-bond acceptors (Lipinski definition) is 3. The summed E-state index contributed by atoms with van der Waals surface area (Å²) in [5.74, 6) is 0.905. The van der Waals surface area contributed by atoms with Crippen LogP contribution in [0.1, 0.15) is 41.6 Å². The number of hydrogen-bond donors (Lipinski definition) is 2. The molecule has 1 aromatic carbocycles. The molecule has 1 saturated heterocycles. The van der Waals surface area contributed by atoms with Gasteiger partial charge in [-0.2, -0.15) is 5.10 Å². The van der Waals surface area contributed by atoms with Gasteiger partial charge < -0.3 is 10.6 Å². The minimum absolute atomic E-state index is 0.00404. The molecular formula is C19H26N4O. The molecule has 128 valence electrons. The van der Waals surface area contributed by atoms with Crippen LogP contribution in [0.5, 0.6) is 0 Å². The number of benzene rings is 1. The highest BCUT2D eigenvalue weighted by molar-refractivity contribution is 5.94. The Labute approximate surface area is 143 Å². The Bertz CT molecular complexity index is 630. The molecule has 1 fully saturated rings. The fourth-order valence-corrected chi connectivity index (χ4v) is 3.20. The highest BCUT2D eigenvalue weighted by atomic mass is 16.1. The van der Waals surface area contributed by atoms with Gasteiger partial charge in [-0.15, -0.1) is 0 Å². The van der Waals surface area contributed by atoms with E-state index in [4.69, 9.17) is 0 Å². The lowest BCUT2D eigenvalue weighted by Gasteiger charge is -2.23. The van der Waals surface area contributed by atoms with Gasteiger partial charge in [0.2, 0.25) is 0 Å². The van der Waals surface area contributed by atoms with E-state index in [1.54, 1.807) is 6.20 Å². The molecule has 0 bridgehead atoms. The van der Waals surface area contributed by atoms with Gasteiger partial charge in [-0.05, 0) is 55.0 Å². The third kappa shape index (κ3) is 4.45. The van der Waals surface area contributed by atoms with Gasteiger partial charge >= 0.3 is 0 Å². The number of carbonyl (C=O) groups excluding carboxylic acids is 1. The molecule has 0 saturated carbocycles. The number of amides is 1. The van der Waals surface area contributed by atoms with Crippen molar-refractivity contribution in [2.75, 3.05) is 19.6 Å². The Balaban J connectivity index is 1.49. The molecular weight excluding hydrogens is 300 g/mol. The second-order valence-corrected chi connectivity index (χ2v) is 6.71. The first kappa shape index (κ1) is 16.7. The third-order valence-corrected chi connectivity index (χ3v) is 4.61. The Morgan fingerprint density at radius 1 is 1.42 bits per heavy atom. The Kier molecular flexibility index (Phi) is 5.64. The van der Waals surface area contributed by atoms with Crippen LogP contribution in [0.4, 0.5) is 0 Å². The zero-order chi connectivity index (χ0) is 16.8. The van der Waals surface area contributed by atoms with Gasteiger partial charge in [-0.1, -0.05) is 19.1 Å². The van der Waals surface area contributed by atoms with Crippen molar-refractivity contribution in [1.82, 2.24) is 20.4 Å². The summed E-state index contributed by atoms with van der Waals surface area (Å²) >= 11 is 0. The van der Waals surface area contributed by atoms with Crippen LogP contribution in [0, 0.1) is 5.92 Å². The van der Waals surface area contributed by atoms with Crippen LogP contribution in [-0.4, -0.2) is 35.3 Å². The lowest BCUT2D eigenvalue weighted by atomic mass is 9.91. The fraction of sp³-hybridized carbons (Fsp3) is 0.474. The molecule has 1 aliphatic rings. The van der Waals surface area contributed by atoms with Gasteiger partial charge in [0.05, 0.1) is 0 Å². The van der Waals surface area contributed by atoms with E-state index < -0.39 is 0 Å². The number of piperidine rings is 1. The van der Waals surface area contributed by atoms with Crippen molar-refractivity contribution in [3.8, 4) is 0 Å². The van der Waals surface area contributed by atoms with Gasteiger partial charge in [0, 0.05) is 37.6 Å². The normalized spacial score (nSPS) is 19.0. The van der Waals surface area contributed by atoms with E-state index in [9.17, 15) is 4.79 Å². The monoisotopic (exact) mass is 326 g/mol. The fourth-order valence-electron chi connectivity index (χ4n) is 3.20. The van der Waals surface area contributed by atoms with Crippen LogP contribution in [0.2, 0.25) is 0 Å². The van der Waals surface area contributed by atoms with E-state index in [2.05, 4.69) is 34.8 Å². The molecule has 1 amide bonds. The summed E-state index contributed by atoms with van der Waals surface area (Å²) in [6.45, 7) is 5.72. The van der Waals surface area contributed by atoms with E-state index in [1.165, 1.54) is 18.4 Å². The van der Waals surface area contributed by atoms with Crippen molar-refractivity contribution in [1.29, 1.82) is 0 Å². The summed E-state index contributed by atoms with van der Waals surface area (Å²) in [6.07, 6.45) is 6.16. The topological polar surface area (TPSA) is 59.0 Å². The number of nitrogens with one attached hydrogen (secondary N) is 2. The molecule has 1 aromatic heterocycles. The van der Waals surface area contributed by atoms with Crippen LogP contribution in [-0.2, 0) is 6.54 Å². The Hall–Kier alpha value is -2.14. The minimum atomic E-state index is -0.00404. The molecule has 5 heteroatoms. The van der Waals surface area contributed by atoms with E-state index in [0.29, 0.717) is 18.4 Å². The first-order chi connectivity index (χ1) is 11.7. The summed E-state index contributed by atoms with van der Waals surface area (Å²) in [7, 11) is 0. The SMILES string of the molecule is CC(CNC(=O)c1ccc(C2CCCNC2)cc1)Cn1cccn1. The number of nitrogens with zero attached hydrogens (tertiary/aromatic N) is 2. The molecule has 0 spiro atoms. The molecule has 5 nitrogen and oxygen atoms in total. The molecule has 3 rings (SSSR count). The molecule has 24 heavy (non-hydrogen) atoms. The van der Waals surface area contributed by atoms with Gasteiger partial charge in [0.25, 0.3) is 5.91 Å². The lowest BCUT2D eigenvalue weighted by Crippen LogP contribution is -2.30. The van der Waals surface area contributed by atoms with Crippen molar-refractivity contribution in [3.05, 3.63) is 53.9 Å². The van der Waals surface area contributed by atoms with Crippen LogP contribution < -0.4 is 10.6 Å². The minimum Gasteiger partial charge on any atom is -0.352 e. The molecule has 2 heterocycles. The van der Waals surface area contributed by atoms with Gasteiger partial charge in [-0.3, -0.25) is 9.48 Å². The summed E-state index contributed by atoms with van der Waals surface area (Å²) in [5, 5.41) is 10.6. The van der Waals surface area contributed by atoms with Gasteiger partial charge in [0.15, 0.2) is 0 Å². The maximum atomic E-state index is 12.3. The number of rotatable bonds is 6. The van der Waals surface area contributed by atoms with Crippen molar-refractivity contribution in [3.63, 3.8) is 0 Å². The first-order valence-corrected chi connectivity index (χ1v) is 8.78.